The van der Waals surface area contributed by atoms with Crippen LogP contribution in [0.2, 0.25) is 0 Å². The van der Waals surface area contributed by atoms with Crippen LogP contribution in [-0.2, 0) is 32.7 Å². The monoisotopic (exact) mass is 948 g/mol. The van der Waals surface area contributed by atoms with Gasteiger partial charge in [0, 0.05) is 12.8 Å². The summed E-state index contributed by atoms with van der Waals surface area (Å²) < 4.78 is 34.1. The van der Waals surface area contributed by atoms with Crippen LogP contribution < -0.4 is 4.89 Å². The number of allylic oxidation sites excluding steroid dienone is 10. The molecule has 0 aliphatic carbocycles. The molecule has 0 saturated heterocycles. The maximum atomic E-state index is 12.8. The van der Waals surface area contributed by atoms with Crippen molar-refractivity contribution in [3.05, 3.63) is 60.8 Å². The summed E-state index contributed by atoms with van der Waals surface area (Å²) in [5, 5.41) is 0. The Morgan fingerprint density at radius 1 is 0.485 bits per heavy atom. The molecule has 0 rings (SSSR count). The fourth-order valence-electron chi connectivity index (χ4n) is 7.39. The normalized spacial score (nSPS) is 13.8. The Balaban J connectivity index is 4.22. The van der Waals surface area contributed by atoms with E-state index in [1.807, 2.05) is 21.1 Å². The first kappa shape index (κ1) is 63.7. The Morgan fingerprint density at radius 2 is 0.864 bits per heavy atom. The molecule has 0 fully saturated rings. The lowest BCUT2D eigenvalue weighted by atomic mass is 10.0. The number of rotatable bonds is 49. The minimum atomic E-state index is -4.63. The number of hydrogen-bond acceptors (Lipinski definition) is 8. The third-order valence-corrected chi connectivity index (χ3v) is 12.5. The summed E-state index contributed by atoms with van der Waals surface area (Å²) in [6.07, 6.45) is 59.6. The van der Waals surface area contributed by atoms with E-state index in [9.17, 15) is 19.0 Å². The summed E-state index contributed by atoms with van der Waals surface area (Å²) in [5.41, 5.74) is 0. The van der Waals surface area contributed by atoms with Crippen molar-refractivity contribution in [3.63, 3.8) is 0 Å². The molecule has 0 saturated carbocycles. The highest BCUT2D eigenvalue weighted by molar-refractivity contribution is 7.45. The van der Waals surface area contributed by atoms with Crippen LogP contribution in [0.25, 0.3) is 0 Å². The number of unbranched alkanes of at least 4 members (excludes halogenated alkanes) is 25. The average Bonchev–Trinajstić information content (AvgIpc) is 3.27. The lowest BCUT2D eigenvalue weighted by Gasteiger charge is -2.28. The molecule has 0 N–H and O–H groups in total. The van der Waals surface area contributed by atoms with E-state index in [1.165, 1.54) is 122 Å². The van der Waals surface area contributed by atoms with Crippen molar-refractivity contribution >= 4 is 19.8 Å². The quantitative estimate of drug-likeness (QED) is 0.0195. The van der Waals surface area contributed by atoms with Gasteiger partial charge in [0.1, 0.15) is 19.8 Å². The molecule has 2 unspecified atom stereocenters. The zero-order valence-electron chi connectivity index (χ0n) is 43.4. The fourth-order valence-corrected chi connectivity index (χ4v) is 8.12. The first-order valence-corrected chi connectivity index (χ1v) is 28.5. The zero-order valence-corrected chi connectivity index (χ0v) is 44.3. The Kier molecular flexibility index (Phi) is 46.1. The van der Waals surface area contributed by atoms with Crippen molar-refractivity contribution in [2.45, 2.75) is 238 Å². The van der Waals surface area contributed by atoms with Gasteiger partial charge in [0.05, 0.1) is 27.7 Å². The van der Waals surface area contributed by atoms with Crippen LogP contribution in [0.3, 0.4) is 0 Å². The van der Waals surface area contributed by atoms with E-state index in [0.29, 0.717) is 17.4 Å². The second-order valence-corrected chi connectivity index (χ2v) is 20.6. The summed E-state index contributed by atoms with van der Waals surface area (Å²) in [7, 11) is 1.16. The summed E-state index contributed by atoms with van der Waals surface area (Å²) in [6.45, 7) is 4.14. The molecule has 0 aliphatic heterocycles. The average molecular weight is 948 g/mol. The Hall–Kier alpha value is -2.29. The van der Waals surface area contributed by atoms with Crippen molar-refractivity contribution in [1.29, 1.82) is 0 Å². The van der Waals surface area contributed by atoms with Gasteiger partial charge in [0.25, 0.3) is 7.82 Å². The molecule has 2 atom stereocenters. The Bertz CT molecular complexity index is 1300. The molecule has 9 nitrogen and oxygen atoms in total. The van der Waals surface area contributed by atoms with E-state index in [0.717, 1.165) is 77.0 Å². The van der Waals surface area contributed by atoms with Crippen LogP contribution in [0, 0.1) is 0 Å². The lowest BCUT2D eigenvalue weighted by molar-refractivity contribution is -0.870. The van der Waals surface area contributed by atoms with Crippen LogP contribution in [0.4, 0.5) is 0 Å². The first-order chi connectivity index (χ1) is 32.0. The number of ether oxygens (including phenoxy) is 2. The second kappa shape index (κ2) is 47.8. The number of hydrogen-bond donors (Lipinski definition) is 0. The third-order valence-electron chi connectivity index (χ3n) is 11.6. The van der Waals surface area contributed by atoms with E-state index < -0.39 is 26.5 Å². The number of phosphoric acid groups is 1. The van der Waals surface area contributed by atoms with Gasteiger partial charge in [0.2, 0.25) is 0 Å². The smallest absolute Gasteiger partial charge is 0.306 e. The molecule has 0 heterocycles. The molecule has 10 heteroatoms. The lowest BCUT2D eigenvalue weighted by Crippen LogP contribution is -2.37. The topological polar surface area (TPSA) is 111 Å². The highest BCUT2D eigenvalue weighted by atomic mass is 31.2. The number of quaternary nitrogens is 1. The van der Waals surface area contributed by atoms with Gasteiger partial charge in [-0.15, -0.1) is 0 Å². The SMILES string of the molecule is CC/C=C\C/C=C\C/C=C\C/C=C\C/C=C\CCCCCCCCCCCC(=O)OC(COC(=O)CCCCCCCCCCCCCCCCCCC)COP(=O)([O-])OCC[N+](C)(C)C. The third kappa shape index (κ3) is 51.1. The zero-order chi connectivity index (χ0) is 48.5. The molecule has 0 bridgehead atoms. The molecule has 0 radical (unpaired) electrons. The van der Waals surface area contributed by atoms with Crippen LogP contribution >= 0.6 is 7.82 Å². The van der Waals surface area contributed by atoms with Crippen molar-refractivity contribution in [1.82, 2.24) is 0 Å². The van der Waals surface area contributed by atoms with Crippen LogP contribution in [-0.4, -0.2) is 70.0 Å². The van der Waals surface area contributed by atoms with E-state index >= 15 is 0 Å². The van der Waals surface area contributed by atoms with Crippen molar-refractivity contribution < 1.29 is 42.1 Å². The van der Waals surface area contributed by atoms with E-state index in [2.05, 4.69) is 74.6 Å². The van der Waals surface area contributed by atoms with Gasteiger partial charge >= 0.3 is 11.9 Å². The summed E-state index contributed by atoms with van der Waals surface area (Å²) in [4.78, 5) is 37.8. The standard InChI is InChI=1S/C56H102NO8P/c1-6-8-10-12-14-16-18-20-22-24-25-26-27-28-29-30-31-33-35-37-39-41-43-45-47-49-56(59)65-54(53-64-66(60,61)63-51-50-57(3,4)5)52-62-55(58)48-46-44-42-40-38-36-34-32-23-21-19-17-15-13-11-9-7-2/h8,10,14,16,20,22,25-26,28-29,54H,6-7,9,11-13,15,17-19,21,23-24,27,30-53H2,1-5H3/b10-8-,16-14-,22-20-,26-25-,29-28-. The van der Waals surface area contributed by atoms with Crippen molar-refractivity contribution in [3.8, 4) is 0 Å². The van der Waals surface area contributed by atoms with Gasteiger partial charge in [-0.05, 0) is 57.8 Å². The molecular weight excluding hydrogens is 846 g/mol. The minimum Gasteiger partial charge on any atom is -0.756 e. The molecule has 0 aromatic heterocycles. The highest BCUT2D eigenvalue weighted by Gasteiger charge is 2.21. The molecular formula is C56H102NO8P. The second-order valence-electron chi connectivity index (χ2n) is 19.2. The van der Waals surface area contributed by atoms with Crippen LogP contribution in [0.1, 0.15) is 232 Å². The maximum absolute atomic E-state index is 12.8. The van der Waals surface area contributed by atoms with Gasteiger partial charge in [0.15, 0.2) is 6.10 Å². The number of nitrogens with zero attached hydrogens (tertiary/aromatic N) is 1. The van der Waals surface area contributed by atoms with Crippen molar-refractivity contribution in [2.24, 2.45) is 0 Å². The maximum Gasteiger partial charge on any atom is 0.306 e. The summed E-state index contributed by atoms with van der Waals surface area (Å²) >= 11 is 0. The number of carbonyl (C=O) groups is 2. The minimum absolute atomic E-state index is 0.0329. The molecule has 384 valence electrons. The van der Waals surface area contributed by atoms with Gasteiger partial charge in [-0.3, -0.25) is 14.2 Å². The summed E-state index contributed by atoms with van der Waals surface area (Å²) in [5.74, 6) is -0.834. The van der Waals surface area contributed by atoms with Gasteiger partial charge < -0.3 is 27.9 Å². The number of carbonyl (C=O) groups excluding carboxylic acids is 2. The highest BCUT2D eigenvalue weighted by Crippen LogP contribution is 2.38. The first-order valence-electron chi connectivity index (χ1n) is 27.0. The molecule has 0 amide bonds. The molecule has 0 aromatic rings. The van der Waals surface area contributed by atoms with Gasteiger partial charge in [-0.25, -0.2) is 0 Å². The van der Waals surface area contributed by atoms with Crippen molar-refractivity contribution in [2.75, 3.05) is 47.5 Å². The number of esters is 2. The van der Waals surface area contributed by atoms with E-state index in [4.69, 9.17) is 18.5 Å². The number of likely N-dealkylation sites (N-methyl/N-ethyl adjacent to an activating group) is 1. The largest absolute Gasteiger partial charge is 0.756 e. The van der Waals surface area contributed by atoms with E-state index in [1.54, 1.807) is 0 Å². The molecule has 0 spiro atoms. The summed E-state index contributed by atoms with van der Waals surface area (Å²) in [6, 6.07) is 0. The van der Waals surface area contributed by atoms with Gasteiger partial charge in [-0.1, -0.05) is 222 Å². The molecule has 0 aliphatic rings. The molecule has 0 aromatic carbocycles. The van der Waals surface area contributed by atoms with Crippen LogP contribution in [0.5, 0.6) is 0 Å². The predicted octanol–water partition coefficient (Wildman–Crippen LogP) is 15.7. The number of phosphoric ester groups is 1. The Morgan fingerprint density at radius 3 is 1.29 bits per heavy atom. The van der Waals surface area contributed by atoms with Gasteiger partial charge in [-0.2, -0.15) is 0 Å². The Labute approximate surface area is 406 Å². The predicted molar refractivity (Wildman–Crippen MR) is 277 cm³/mol. The van der Waals surface area contributed by atoms with Crippen LogP contribution in [0.15, 0.2) is 60.8 Å². The fraction of sp³-hybridized carbons (Fsp3) is 0.786. The van der Waals surface area contributed by atoms with E-state index in [-0.39, 0.29) is 32.0 Å². The molecule has 66 heavy (non-hydrogen) atoms.